The number of rotatable bonds is 3. The second kappa shape index (κ2) is 4.58. The lowest BCUT2D eigenvalue weighted by molar-refractivity contribution is 0.101. The largest absolute Gasteiger partial charge is 0.363 e. The Balaban J connectivity index is 2.30. The standard InChI is InChI=1S/C10H11ClN4O2/c1-3-15-9(8(11)6(2)13-15)10(16)12-7-4-5-17-14-7/h4-5H,3H2,1-2H3,(H,12,14,16). The Morgan fingerprint density at radius 2 is 2.41 bits per heavy atom. The second-order valence-corrected chi connectivity index (χ2v) is 3.78. The number of carbonyl (C=O) groups is 1. The Hall–Kier alpha value is -1.82. The Kier molecular flexibility index (Phi) is 3.14. The first-order chi connectivity index (χ1) is 8.13. The normalized spacial score (nSPS) is 10.5. The molecular weight excluding hydrogens is 244 g/mol. The second-order valence-electron chi connectivity index (χ2n) is 3.40. The van der Waals surface area contributed by atoms with Gasteiger partial charge in [0.2, 0.25) is 0 Å². The molecular formula is C10H11ClN4O2. The third-order valence-corrected chi connectivity index (χ3v) is 2.70. The minimum Gasteiger partial charge on any atom is -0.363 e. The summed E-state index contributed by atoms with van der Waals surface area (Å²) < 4.78 is 6.17. The zero-order valence-electron chi connectivity index (χ0n) is 9.40. The van der Waals surface area contributed by atoms with Crippen molar-refractivity contribution in [3.8, 4) is 0 Å². The predicted octanol–water partition coefficient (Wildman–Crippen LogP) is 2.11. The molecule has 0 aliphatic rings. The van der Waals surface area contributed by atoms with Crippen LogP contribution in [0.5, 0.6) is 0 Å². The fraction of sp³-hybridized carbons (Fsp3) is 0.300. The summed E-state index contributed by atoms with van der Waals surface area (Å²) >= 11 is 6.04. The molecule has 2 aromatic heterocycles. The molecule has 1 amide bonds. The van der Waals surface area contributed by atoms with Gasteiger partial charge in [0.05, 0.1) is 10.7 Å². The van der Waals surface area contributed by atoms with Crippen LogP contribution in [0, 0.1) is 6.92 Å². The SMILES string of the molecule is CCn1nc(C)c(Cl)c1C(=O)Nc1ccon1. The van der Waals surface area contributed by atoms with Crippen molar-refractivity contribution in [3.63, 3.8) is 0 Å². The average molecular weight is 255 g/mol. The van der Waals surface area contributed by atoms with Crippen LogP contribution in [-0.2, 0) is 6.54 Å². The van der Waals surface area contributed by atoms with E-state index < -0.39 is 0 Å². The highest BCUT2D eigenvalue weighted by atomic mass is 35.5. The molecule has 0 aromatic carbocycles. The van der Waals surface area contributed by atoms with Gasteiger partial charge in [0.15, 0.2) is 5.82 Å². The van der Waals surface area contributed by atoms with Crippen molar-refractivity contribution in [2.45, 2.75) is 20.4 Å². The van der Waals surface area contributed by atoms with Gasteiger partial charge in [-0.3, -0.25) is 9.48 Å². The molecule has 17 heavy (non-hydrogen) atoms. The molecule has 0 aliphatic carbocycles. The van der Waals surface area contributed by atoms with Crippen LogP contribution in [0.3, 0.4) is 0 Å². The number of carbonyl (C=O) groups excluding carboxylic acids is 1. The highest BCUT2D eigenvalue weighted by Crippen LogP contribution is 2.21. The smallest absolute Gasteiger partial charge is 0.276 e. The first kappa shape index (κ1) is 11.7. The Morgan fingerprint density at radius 3 is 3.00 bits per heavy atom. The first-order valence-corrected chi connectivity index (χ1v) is 5.46. The third kappa shape index (κ3) is 2.16. The molecule has 0 spiro atoms. The molecule has 2 heterocycles. The van der Waals surface area contributed by atoms with Crippen molar-refractivity contribution in [1.29, 1.82) is 0 Å². The van der Waals surface area contributed by atoms with Crippen molar-refractivity contribution in [2.24, 2.45) is 0 Å². The molecule has 0 radical (unpaired) electrons. The number of halogens is 1. The van der Waals surface area contributed by atoms with Crippen LogP contribution in [-0.4, -0.2) is 20.8 Å². The number of amides is 1. The van der Waals surface area contributed by atoms with E-state index >= 15 is 0 Å². The third-order valence-electron chi connectivity index (χ3n) is 2.25. The van der Waals surface area contributed by atoms with Crippen molar-refractivity contribution in [2.75, 3.05) is 5.32 Å². The summed E-state index contributed by atoms with van der Waals surface area (Å²) in [6, 6.07) is 1.55. The van der Waals surface area contributed by atoms with E-state index in [0.717, 1.165) is 0 Å². The number of hydrogen-bond donors (Lipinski definition) is 1. The summed E-state index contributed by atoms with van der Waals surface area (Å²) in [4.78, 5) is 12.0. The lowest BCUT2D eigenvalue weighted by Crippen LogP contribution is -2.18. The fourth-order valence-corrected chi connectivity index (χ4v) is 1.68. The molecule has 0 bridgehead atoms. The van der Waals surface area contributed by atoms with E-state index in [2.05, 4.69) is 20.1 Å². The summed E-state index contributed by atoms with van der Waals surface area (Å²) in [5, 5.41) is 10.7. The molecule has 0 saturated carbocycles. The summed E-state index contributed by atoms with van der Waals surface area (Å²) in [5.74, 6) is -0.0149. The van der Waals surface area contributed by atoms with Gasteiger partial charge in [-0.05, 0) is 13.8 Å². The number of aryl methyl sites for hydroxylation is 2. The van der Waals surface area contributed by atoms with Crippen LogP contribution in [0.25, 0.3) is 0 Å². The summed E-state index contributed by atoms with van der Waals surface area (Å²) in [6.45, 7) is 4.20. The van der Waals surface area contributed by atoms with Crippen LogP contribution in [0.1, 0.15) is 23.1 Å². The summed E-state index contributed by atoms with van der Waals surface area (Å²) in [5.41, 5.74) is 0.952. The van der Waals surface area contributed by atoms with Gasteiger partial charge in [0.25, 0.3) is 5.91 Å². The van der Waals surface area contributed by atoms with E-state index in [1.54, 1.807) is 17.7 Å². The van der Waals surface area contributed by atoms with Crippen molar-refractivity contribution >= 4 is 23.3 Å². The van der Waals surface area contributed by atoms with Gasteiger partial charge in [-0.25, -0.2) is 0 Å². The molecule has 0 atom stereocenters. The molecule has 2 rings (SSSR count). The van der Waals surface area contributed by atoms with Crippen LogP contribution in [0.15, 0.2) is 16.9 Å². The number of anilines is 1. The molecule has 0 aliphatic heterocycles. The quantitative estimate of drug-likeness (QED) is 0.910. The summed E-state index contributed by atoms with van der Waals surface area (Å²) in [7, 11) is 0. The molecule has 0 fully saturated rings. The van der Waals surface area contributed by atoms with Crippen molar-refractivity contribution in [3.05, 3.63) is 28.7 Å². The van der Waals surface area contributed by atoms with E-state index in [-0.39, 0.29) is 5.91 Å². The monoisotopic (exact) mass is 254 g/mol. The van der Waals surface area contributed by atoms with E-state index in [9.17, 15) is 4.79 Å². The number of aromatic nitrogens is 3. The minimum atomic E-state index is -0.355. The zero-order valence-corrected chi connectivity index (χ0v) is 10.2. The molecule has 2 aromatic rings. The minimum absolute atomic E-state index is 0.328. The van der Waals surface area contributed by atoms with Gasteiger partial charge < -0.3 is 9.84 Å². The Morgan fingerprint density at radius 1 is 1.65 bits per heavy atom. The lowest BCUT2D eigenvalue weighted by atomic mass is 10.3. The maximum atomic E-state index is 12.0. The van der Waals surface area contributed by atoms with Crippen LogP contribution >= 0.6 is 11.6 Å². The van der Waals surface area contributed by atoms with Crippen molar-refractivity contribution in [1.82, 2.24) is 14.9 Å². The molecule has 6 nitrogen and oxygen atoms in total. The van der Waals surface area contributed by atoms with E-state index in [4.69, 9.17) is 11.6 Å². The average Bonchev–Trinajstić information content (AvgIpc) is 2.88. The Bertz CT molecular complexity index is 533. The number of nitrogens with one attached hydrogen (secondary N) is 1. The van der Waals surface area contributed by atoms with Crippen molar-refractivity contribution < 1.29 is 9.32 Å². The fourth-order valence-electron chi connectivity index (χ4n) is 1.46. The number of nitrogens with zero attached hydrogens (tertiary/aromatic N) is 3. The Labute approximate surface area is 103 Å². The summed E-state index contributed by atoms with van der Waals surface area (Å²) in [6.07, 6.45) is 1.37. The van der Waals surface area contributed by atoms with Gasteiger partial charge in [0.1, 0.15) is 12.0 Å². The van der Waals surface area contributed by atoms with Gasteiger partial charge in [-0.1, -0.05) is 16.8 Å². The first-order valence-electron chi connectivity index (χ1n) is 5.08. The van der Waals surface area contributed by atoms with E-state index in [0.29, 0.717) is 28.8 Å². The molecule has 7 heteroatoms. The maximum absolute atomic E-state index is 12.0. The predicted molar refractivity (Wildman–Crippen MR) is 62.1 cm³/mol. The van der Waals surface area contributed by atoms with Gasteiger partial charge >= 0.3 is 0 Å². The molecule has 90 valence electrons. The zero-order chi connectivity index (χ0) is 12.4. The van der Waals surface area contributed by atoms with E-state index in [1.807, 2.05) is 6.92 Å². The van der Waals surface area contributed by atoms with Crippen LogP contribution in [0.4, 0.5) is 5.82 Å². The topological polar surface area (TPSA) is 73.0 Å². The molecule has 1 N–H and O–H groups in total. The van der Waals surface area contributed by atoms with Gasteiger partial charge in [-0.2, -0.15) is 5.10 Å². The number of hydrogen-bond acceptors (Lipinski definition) is 4. The van der Waals surface area contributed by atoms with Crippen LogP contribution < -0.4 is 5.32 Å². The molecule has 0 unspecified atom stereocenters. The maximum Gasteiger partial charge on any atom is 0.276 e. The lowest BCUT2D eigenvalue weighted by Gasteiger charge is -2.04. The van der Waals surface area contributed by atoms with Gasteiger partial charge in [-0.15, -0.1) is 0 Å². The van der Waals surface area contributed by atoms with E-state index in [1.165, 1.54) is 6.26 Å². The highest BCUT2D eigenvalue weighted by molar-refractivity contribution is 6.34. The van der Waals surface area contributed by atoms with Gasteiger partial charge in [0, 0.05) is 12.6 Å². The molecule has 0 saturated heterocycles. The highest BCUT2D eigenvalue weighted by Gasteiger charge is 2.20. The van der Waals surface area contributed by atoms with Crippen LogP contribution in [0.2, 0.25) is 5.02 Å².